The van der Waals surface area contributed by atoms with Crippen LogP contribution in [0, 0.1) is 6.92 Å². The number of ether oxygens (including phenoxy) is 1. The Labute approximate surface area is 124 Å². The van der Waals surface area contributed by atoms with Crippen LogP contribution in [0.15, 0.2) is 24.7 Å². The summed E-state index contributed by atoms with van der Waals surface area (Å²) >= 11 is 0. The zero-order valence-corrected chi connectivity index (χ0v) is 12.6. The summed E-state index contributed by atoms with van der Waals surface area (Å²) in [6.07, 6.45) is 4.22. The van der Waals surface area contributed by atoms with Crippen LogP contribution in [0.2, 0.25) is 0 Å². The molecule has 6 heteroatoms. The second-order valence-corrected chi connectivity index (χ2v) is 4.80. The lowest BCUT2D eigenvalue weighted by Gasteiger charge is -2.21. The van der Waals surface area contributed by atoms with Crippen LogP contribution < -0.4 is 15.8 Å². The van der Waals surface area contributed by atoms with E-state index in [1.54, 1.807) is 13.3 Å². The van der Waals surface area contributed by atoms with E-state index in [1.807, 2.05) is 19.1 Å². The first-order valence-corrected chi connectivity index (χ1v) is 6.97. The molecule has 0 bridgehead atoms. The Morgan fingerprint density at radius 1 is 1.33 bits per heavy atom. The normalized spacial score (nSPS) is 12.1. The van der Waals surface area contributed by atoms with E-state index in [0.29, 0.717) is 11.7 Å². The van der Waals surface area contributed by atoms with Crippen molar-refractivity contribution >= 4 is 5.82 Å². The van der Waals surface area contributed by atoms with Crippen molar-refractivity contribution in [2.24, 2.45) is 0 Å². The number of hydrogen-bond acceptors (Lipinski definition) is 6. The summed E-state index contributed by atoms with van der Waals surface area (Å²) in [5.74, 6) is 1.05. The average Bonchev–Trinajstić information content (AvgIpc) is 2.50. The largest absolute Gasteiger partial charge is 0.481 e. The van der Waals surface area contributed by atoms with Crippen LogP contribution in [0.4, 0.5) is 5.82 Å². The van der Waals surface area contributed by atoms with E-state index in [-0.39, 0.29) is 6.04 Å². The number of aryl methyl sites for hydroxylation is 1. The fourth-order valence-electron chi connectivity index (χ4n) is 2.23. The van der Waals surface area contributed by atoms with Gasteiger partial charge in [0.1, 0.15) is 12.1 Å². The van der Waals surface area contributed by atoms with Crippen molar-refractivity contribution in [3.8, 4) is 5.88 Å². The van der Waals surface area contributed by atoms with Crippen molar-refractivity contribution in [1.29, 1.82) is 0 Å². The number of methoxy groups -OCH3 is 1. The number of nitrogens with one attached hydrogen (secondary N) is 1. The molecule has 0 radical (unpaired) electrons. The number of anilines is 1. The fourth-order valence-corrected chi connectivity index (χ4v) is 2.23. The van der Waals surface area contributed by atoms with Crippen LogP contribution in [0.5, 0.6) is 5.88 Å². The van der Waals surface area contributed by atoms with Crippen molar-refractivity contribution in [3.63, 3.8) is 0 Å². The van der Waals surface area contributed by atoms with Crippen molar-refractivity contribution in [1.82, 2.24) is 20.3 Å². The summed E-state index contributed by atoms with van der Waals surface area (Å²) < 4.78 is 5.18. The highest BCUT2D eigenvalue weighted by atomic mass is 16.5. The quantitative estimate of drug-likeness (QED) is 0.843. The predicted molar refractivity (Wildman–Crippen MR) is 82.1 cm³/mol. The van der Waals surface area contributed by atoms with Gasteiger partial charge in [-0.15, -0.1) is 0 Å². The lowest BCUT2D eigenvalue weighted by Crippen LogP contribution is -2.26. The Hall–Kier alpha value is -2.21. The van der Waals surface area contributed by atoms with E-state index in [4.69, 9.17) is 10.5 Å². The predicted octanol–water partition coefficient (Wildman–Crippen LogP) is 1.86. The van der Waals surface area contributed by atoms with Gasteiger partial charge < -0.3 is 15.8 Å². The molecule has 1 unspecified atom stereocenters. The summed E-state index contributed by atoms with van der Waals surface area (Å²) in [5.41, 5.74) is 8.92. The van der Waals surface area contributed by atoms with Gasteiger partial charge in [0, 0.05) is 17.8 Å². The van der Waals surface area contributed by atoms with Gasteiger partial charge in [0.2, 0.25) is 5.88 Å². The number of pyridine rings is 1. The summed E-state index contributed by atoms with van der Waals surface area (Å²) in [5, 5.41) is 3.47. The molecule has 112 valence electrons. The monoisotopic (exact) mass is 287 g/mol. The fraction of sp³-hybridized carbons (Fsp3) is 0.400. The number of rotatable bonds is 6. The first kappa shape index (κ1) is 15.2. The van der Waals surface area contributed by atoms with Crippen LogP contribution >= 0.6 is 0 Å². The molecule has 2 heterocycles. The Balaban J connectivity index is 2.47. The van der Waals surface area contributed by atoms with E-state index in [9.17, 15) is 0 Å². The lowest BCUT2D eigenvalue weighted by molar-refractivity contribution is 0.394. The van der Waals surface area contributed by atoms with E-state index < -0.39 is 0 Å². The van der Waals surface area contributed by atoms with Crippen molar-refractivity contribution in [2.75, 3.05) is 19.4 Å². The molecule has 0 amide bonds. The molecule has 0 aromatic carbocycles. The SMILES string of the molecule is CCCNC(c1cc(OC)ncn1)c1c(C)ccnc1N. The van der Waals surface area contributed by atoms with E-state index in [2.05, 4.69) is 27.2 Å². The highest BCUT2D eigenvalue weighted by Gasteiger charge is 2.21. The Morgan fingerprint density at radius 2 is 2.14 bits per heavy atom. The maximum absolute atomic E-state index is 6.08. The molecule has 2 aromatic heterocycles. The zero-order chi connectivity index (χ0) is 15.2. The third kappa shape index (κ3) is 3.46. The van der Waals surface area contributed by atoms with E-state index in [0.717, 1.165) is 29.8 Å². The van der Waals surface area contributed by atoms with Crippen LogP contribution in [-0.2, 0) is 0 Å². The van der Waals surface area contributed by atoms with Gasteiger partial charge in [-0.1, -0.05) is 6.92 Å². The maximum atomic E-state index is 6.08. The summed E-state index contributed by atoms with van der Waals surface area (Å²) in [6.45, 7) is 4.99. The summed E-state index contributed by atoms with van der Waals surface area (Å²) in [7, 11) is 1.59. The Kier molecular flexibility index (Phi) is 5.05. The molecule has 3 N–H and O–H groups in total. The minimum atomic E-state index is -0.129. The molecule has 21 heavy (non-hydrogen) atoms. The molecular formula is C15H21N5O. The molecule has 0 spiro atoms. The number of aromatic nitrogens is 3. The second kappa shape index (κ2) is 6.99. The van der Waals surface area contributed by atoms with Gasteiger partial charge >= 0.3 is 0 Å². The Morgan fingerprint density at radius 3 is 2.81 bits per heavy atom. The van der Waals surface area contributed by atoms with Crippen LogP contribution in [-0.4, -0.2) is 28.6 Å². The first-order valence-electron chi connectivity index (χ1n) is 6.97. The smallest absolute Gasteiger partial charge is 0.216 e. The molecule has 0 fully saturated rings. The minimum Gasteiger partial charge on any atom is -0.481 e. The zero-order valence-electron chi connectivity index (χ0n) is 12.6. The van der Waals surface area contributed by atoms with E-state index >= 15 is 0 Å². The molecular weight excluding hydrogens is 266 g/mol. The molecule has 0 saturated carbocycles. The number of hydrogen-bond donors (Lipinski definition) is 2. The molecule has 6 nitrogen and oxygen atoms in total. The average molecular weight is 287 g/mol. The molecule has 0 aliphatic heterocycles. The molecule has 0 aliphatic carbocycles. The van der Waals surface area contributed by atoms with Gasteiger partial charge in [0.05, 0.1) is 18.8 Å². The van der Waals surface area contributed by atoms with Crippen molar-refractivity contribution in [3.05, 3.63) is 41.5 Å². The molecule has 0 aliphatic rings. The van der Waals surface area contributed by atoms with Crippen molar-refractivity contribution < 1.29 is 4.74 Å². The van der Waals surface area contributed by atoms with Crippen molar-refractivity contribution in [2.45, 2.75) is 26.3 Å². The third-order valence-corrected chi connectivity index (χ3v) is 3.29. The molecule has 0 saturated heterocycles. The van der Waals surface area contributed by atoms with Gasteiger partial charge in [-0.3, -0.25) is 0 Å². The molecule has 1 atom stereocenters. The van der Waals surface area contributed by atoms with Gasteiger partial charge in [0.25, 0.3) is 0 Å². The first-order chi connectivity index (χ1) is 10.2. The molecule has 2 rings (SSSR count). The second-order valence-electron chi connectivity index (χ2n) is 4.80. The minimum absolute atomic E-state index is 0.129. The summed E-state index contributed by atoms with van der Waals surface area (Å²) in [6, 6.07) is 3.64. The highest BCUT2D eigenvalue weighted by molar-refractivity contribution is 5.49. The maximum Gasteiger partial charge on any atom is 0.216 e. The lowest BCUT2D eigenvalue weighted by atomic mass is 9.99. The van der Waals surface area contributed by atoms with Gasteiger partial charge in [0.15, 0.2) is 0 Å². The van der Waals surface area contributed by atoms with Gasteiger partial charge in [-0.25, -0.2) is 15.0 Å². The van der Waals surface area contributed by atoms with Crippen LogP contribution in [0.1, 0.15) is 36.2 Å². The van der Waals surface area contributed by atoms with Gasteiger partial charge in [-0.2, -0.15) is 0 Å². The van der Waals surface area contributed by atoms with Gasteiger partial charge in [-0.05, 0) is 31.5 Å². The molecule has 2 aromatic rings. The summed E-state index contributed by atoms with van der Waals surface area (Å²) in [4.78, 5) is 12.6. The van der Waals surface area contributed by atoms with E-state index in [1.165, 1.54) is 6.33 Å². The number of nitrogens with two attached hydrogens (primary N) is 1. The number of nitrogens with zero attached hydrogens (tertiary/aromatic N) is 3. The third-order valence-electron chi connectivity index (χ3n) is 3.29. The van der Waals surface area contributed by atoms with Crippen LogP contribution in [0.3, 0.4) is 0 Å². The Bertz CT molecular complexity index is 582. The van der Waals surface area contributed by atoms with Crippen LogP contribution in [0.25, 0.3) is 0 Å². The standard InChI is InChI=1S/C15H21N5O/c1-4-6-17-14(11-8-12(21-3)20-9-19-11)13-10(2)5-7-18-15(13)16/h5,7-9,14,17H,4,6H2,1-3H3,(H2,16,18). The topological polar surface area (TPSA) is 86.0 Å². The highest BCUT2D eigenvalue weighted by Crippen LogP contribution is 2.28. The number of nitrogen functional groups attached to an aromatic ring is 1.